The zero-order chi connectivity index (χ0) is 10.9. The number of hydrogen-bond donors (Lipinski definition) is 0. The van der Waals surface area contributed by atoms with E-state index in [1.54, 1.807) is 12.1 Å². The largest absolute Gasteiger partial charge is 0.217 e. The Morgan fingerprint density at radius 3 is 2.07 bits per heavy atom. The van der Waals surface area contributed by atoms with Gasteiger partial charge in [0.1, 0.15) is 0 Å². The highest BCUT2D eigenvalue weighted by Gasteiger charge is 2.26. The van der Waals surface area contributed by atoms with Crippen molar-refractivity contribution < 1.29 is 0 Å². The van der Waals surface area contributed by atoms with Gasteiger partial charge in [0.25, 0.3) is 0 Å². The average molecular weight is 291 g/mol. The molecule has 0 aliphatic carbocycles. The van der Waals surface area contributed by atoms with Crippen LogP contribution in [0.2, 0.25) is 10.0 Å². The summed E-state index contributed by atoms with van der Waals surface area (Å²) in [5.74, 6) is 0. The molecule has 0 bridgehead atoms. The highest BCUT2D eigenvalue weighted by atomic mass is 35.6. The third-order valence-corrected chi connectivity index (χ3v) is 2.95. The van der Waals surface area contributed by atoms with E-state index in [1.165, 1.54) is 0 Å². The van der Waals surface area contributed by atoms with Crippen LogP contribution in [0.5, 0.6) is 0 Å². The van der Waals surface area contributed by atoms with Gasteiger partial charge in [0, 0.05) is 15.6 Å². The second-order valence-electron chi connectivity index (χ2n) is 2.64. The molecule has 1 radical (unpaired) electrons. The van der Waals surface area contributed by atoms with E-state index in [-0.39, 0.29) is 0 Å². The summed E-state index contributed by atoms with van der Waals surface area (Å²) in [6.07, 6.45) is 1.82. The third-order valence-electron chi connectivity index (χ3n) is 1.70. The molecule has 0 heterocycles. The molecule has 0 aromatic heterocycles. The zero-order valence-electron chi connectivity index (χ0n) is 7.12. The molecule has 0 nitrogen and oxygen atoms in total. The molecule has 0 saturated heterocycles. The minimum absolute atomic E-state index is 0.348. The fraction of sp³-hybridized carbons (Fsp3) is 0.222. The molecule has 0 saturated carbocycles. The minimum Gasteiger partial charge on any atom is -0.0840 e. The van der Waals surface area contributed by atoms with E-state index in [1.807, 2.05) is 13.3 Å². The van der Waals surface area contributed by atoms with Gasteiger partial charge in [-0.3, -0.25) is 0 Å². The van der Waals surface area contributed by atoms with E-state index < -0.39 is 3.79 Å². The average Bonchev–Trinajstić information content (AvgIpc) is 2.02. The smallest absolute Gasteiger partial charge is 0.0840 e. The molecule has 0 spiro atoms. The summed E-state index contributed by atoms with van der Waals surface area (Å²) in [5, 5.41) is 0.885. The number of rotatable bonds is 1. The van der Waals surface area contributed by atoms with Crippen molar-refractivity contribution in [1.82, 2.24) is 0 Å². The number of benzene rings is 1. The van der Waals surface area contributed by atoms with Crippen LogP contribution in [-0.4, -0.2) is 0 Å². The Morgan fingerprint density at radius 1 is 1.07 bits per heavy atom. The maximum atomic E-state index is 5.91. The topological polar surface area (TPSA) is 0 Å². The normalized spacial score (nSPS) is 11.9. The predicted molar refractivity (Wildman–Crippen MR) is 64.8 cm³/mol. The van der Waals surface area contributed by atoms with Gasteiger partial charge < -0.3 is 0 Å². The van der Waals surface area contributed by atoms with E-state index in [2.05, 4.69) is 0 Å². The van der Waals surface area contributed by atoms with Crippen molar-refractivity contribution in [3.63, 3.8) is 0 Å². The van der Waals surface area contributed by atoms with Gasteiger partial charge in [-0.1, -0.05) is 64.9 Å². The van der Waals surface area contributed by atoms with Crippen LogP contribution in [0.3, 0.4) is 0 Å². The molecule has 1 aromatic carbocycles. The molecular weight excluding hydrogens is 285 g/mol. The van der Waals surface area contributed by atoms with Crippen LogP contribution < -0.4 is 0 Å². The van der Waals surface area contributed by atoms with Gasteiger partial charge in [-0.05, 0) is 24.1 Å². The van der Waals surface area contributed by atoms with Gasteiger partial charge in [-0.15, -0.1) is 0 Å². The van der Waals surface area contributed by atoms with E-state index in [0.29, 0.717) is 15.6 Å². The summed E-state index contributed by atoms with van der Waals surface area (Å²) in [7, 11) is 0. The lowest BCUT2D eigenvalue weighted by atomic mass is 10.1. The summed E-state index contributed by atoms with van der Waals surface area (Å²) in [5.41, 5.74) is 1.22. The highest BCUT2D eigenvalue weighted by molar-refractivity contribution is 6.67. The van der Waals surface area contributed by atoms with Crippen molar-refractivity contribution >= 4 is 58.0 Å². The van der Waals surface area contributed by atoms with Crippen LogP contribution in [0.1, 0.15) is 18.1 Å². The molecule has 0 amide bonds. The standard InChI is InChI=1S/C9H6Cl5/c1-2-5-3-6(9(12,13)14)8(11)4-7(5)10/h2-4H,1H3. The van der Waals surface area contributed by atoms with E-state index >= 15 is 0 Å². The van der Waals surface area contributed by atoms with Gasteiger partial charge >= 0.3 is 0 Å². The molecule has 1 aromatic rings. The quantitative estimate of drug-likeness (QED) is 0.608. The Kier molecular flexibility index (Phi) is 4.25. The summed E-state index contributed by atoms with van der Waals surface area (Å²) in [6, 6.07) is 3.23. The molecule has 1 rings (SSSR count). The Morgan fingerprint density at radius 2 is 1.64 bits per heavy atom. The monoisotopic (exact) mass is 289 g/mol. The molecule has 0 fully saturated rings. The SMILES string of the molecule is C[CH]c1cc(C(Cl)(Cl)Cl)c(Cl)cc1Cl. The Hall–Kier alpha value is 0.670. The first-order valence-electron chi connectivity index (χ1n) is 3.72. The molecule has 0 atom stereocenters. The van der Waals surface area contributed by atoms with Gasteiger partial charge in [-0.2, -0.15) is 0 Å². The lowest BCUT2D eigenvalue weighted by molar-refractivity contribution is 1.22. The first kappa shape index (κ1) is 12.7. The second-order valence-corrected chi connectivity index (χ2v) is 5.74. The van der Waals surface area contributed by atoms with Crippen molar-refractivity contribution in [2.24, 2.45) is 0 Å². The van der Waals surface area contributed by atoms with E-state index in [4.69, 9.17) is 58.0 Å². The van der Waals surface area contributed by atoms with E-state index in [0.717, 1.165) is 5.56 Å². The van der Waals surface area contributed by atoms with Crippen molar-refractivity contribution in [2.45, 2.75) is 10.7 Å². The van der Waals surface area contributed by atoms with Gasteiger partial charge in [-0.25, -0.2) is 0 Å². The highest BCUT2D eigenvalue weighted by Crippen LogP contribution is 2.43. The lowest BCUT2D eigenvalue weighted by Crippen LogP contribution is -2.02. The van der Waals surface area contributed by atoms with Crippen LogP contribution in [0.4, 0.5) is 0 Å². The van der Waals surface area contributed by atoms with Crippen LogP contribution in [0.15, 0.2) is 12.1 Å². The van der Waals surface area contributed by atoms with Crippen molar-refractivity contribution in [3.8, 4) is 0 Å². The van der Waals surface area contributed by atoms with Crippen molar-refractivity contribution in [1.29, 1.82) is 0 Å². The van der Waals surface area contributed by atoms with Crippen LogP contribution in [0, 0.1) is 6.42 Å². The fourth-order valence-electron chi connectivity index (χ4n) is 1.00. The van der Waals surface area contributed by atoms with E-state index in [9.17, 15) is 0 Å². The van der Waals surface area contributed by atoms with Crippen molar-refractivity contribution in [3.05, 3.63) is 39.7 Å². The first-order valence-corrected chi connectivity index (χ1v) is 5.61. The summed E-state index contributed by atoms with van der Waals surface area (Å²) < 4.78 is -1.53. The van der Waals surface area contributed by atoms with Crippen LogP contribution >= 0.6 is 58.0 Å². The Bertz CT molecular complexity index is 340. The predicted octanol–water partition coefficient (Wildman–Crippen LogP) is 5.39. The molecule has 77 valence electrons. The molecule has 14 heavy (non-hydrogen) atoms. The lowest BCUT2D eigenvalue weighted by Gasteiger charge is -2.15. The molecule has 0 N–H and O–H groups in total. The Balaban J connectivity index is 3.32. The maximum Gasteiger partial charge on any atom is 0.217 e. The molecule has 0 aliphatic rings. The minimum atomic E-state index is -1.53. The fourth-order valence-corrected chi connectivity index (χ4v) is 2.25. The molecule has 0 aliphatic heterocycles. The zero-order valence-corrected chi connectivity index (χ0v) is 10.9. The maximum absolute atomic E-state index is 5.91. The van der Waals surface area contributed by atoms with Gasteiger partial charge in [0.05, 0.1) is 0 Å². The second kappa shape index (κ2) is 4.67. The van der Waals surface area contributed by atoms with Crippen molar-refractivity contribution in [2.75, 3.05) is 0 Å². The summed E-state index contributed by atoms with van der Waals surface area (Å²) in [4.78, 5) is 0. The molecule has 0 unspecified atom stereocenters. The number of alkyl halides is 3. The summed E-state index contributed by atoms with van der Waals surface area (Å²) >= 11 is 29.0. The third kappa shape index (κ3) is 2.84. The number of hydrogen-bond acceptors (Lipinski definition) is 0. The summed E-state index contributed by atoms with van der Waals surface area (Å²) in [6.45, 7) is 1.84. The van der Waals surface area contributed by atoms with Gasteiger partial charge in [0.2, 0.25) is 3.79 Å². The van der Waals surface area contributed by atoms with Crippen LogP contribution in [0.25, 0.3) is 0 Å². The van der Waals surface area contributed by atoms with Gasteiger partial charge in [0.15, 0.2) is 0 Å². The van der Waals surface area contributed by atoms with Crippen LogP contribution in [-0.2, 0) is 3.79 Å². The molecular formula is C9H6Cl5. The number of halogens is 5. The molecule has 5 heteroatoms. The Labute approximate surface area is 108 Å². The first-order chi connectivity index (χ1) is 6.36.